The molecule has 0 N–H and O–H groups in total. The minimum absolute atomic E-state index is 0.829. The lowest BCUT2D eigenvalue weighted by molar-refractivity contribution is 0.214. The maximum absolute atomic E-state index is 5.36. The first-order chi connectivity index (χ1) is 7.35. The number of benzene rings is 1. The van der Waals surface area contributed by atoms with Gasteiger partial charge in [0.05, 0.1) is 0 Å². The number of hydrogen-bond acceptors (Lipinski definition) is 2. The summed E-state index contributed by atoms with van der Waals surface area (Å²) >= 11 is 0. The van der Waals surface area contributed by atoms with Gasteiger partial charge in [0.2, 0.25) is 0 Å². The van der Waals surface area contributed by atoms with Gasteiger partial charge in [-0.25, -0.2) is 0 Å². The molecule has 15 heavy (non-hydrogen) atoms. The molecule has 0 aliphatic heterocycles. The summed E-state index contributed by atoms with van der Waals surface area (Å²) in [5, 5.41) is 3.96. The summed E-state index contributed by atoms with van der Waals surface area (Å²) in [7, 11) is 1.54. The highest BCUT2D eigenvalue weighted by atomic mass is 16.6. The minimum atomic E-state index is 0.829. The average molecular weight is 197 g/mol. The Balaban J connectivity index is 2.54. The molecule has 0 saturated carbocycles. The molecule has 0 radical (unpaired) electrons. The molecule has 2 rings (SSSR count). The van der Waals surface area contributed by atoms with E-state index in [0.29, 0.717) is 0 Å². The largest absolute Gasteiger partial charge is 0.399 e. The third kappa shape index (κ3) is 1.77. The number of hydrogen-bond donors (Lipinski definition) is 0. The van der Waals surface area contributed by atoms with Crippen LogP contribution in [0.3, 0.4) is 0 Å². The van der Waals surface area contributed by atoms with E-state index >= 15 is 0 Å². The fourth-order valence-corrected chi connectivity index (χ4v) is 1.65. The predicted octanol–water partition coefficient (Wildman–Crippen LogP) is 2.13. The van der Waals surface area contributed by atoms with Gasteiger partial charge in [0.1, 0.15) is 12.8 Å². The molecule has 2 heteroatoms. The van der Waals surface area contributed by atoms with Crippen LogP contribution in [0.15, 0.2) is 35.5 Å². The van der Waals surface area contributed by atoms with E-state index < -0.39 is 0 Å². The summed E-state index contributed by atoms with van der Waals surface area (Å²) < 4.78 is 0. The highest BCUT2D eigenvalue weighted by Gasteiger charge is 2.11. The fourth-order valence-electron chi connectivity index (χ4n) is 1.65. The quantitative estimate of drug-likeness (QED) is 0.499. The molecule has 1 aromatic rings. The van der Waals surface area contributed by atoms with E-state index in [9.17, 15) is 0 Å². The van der Waals surface area contributed by atoms with Crippen molar-refractivity contribution in [2.75, 3.05) is 7.11 Å². The lowest BCUT2D eigenvalue weighted by Gasteiger charge is -2.12. The molecule has 0 amide bonds. The van der Waals surface area contributed by atoms with Crippen LogP contribution in [0.1, 0.15) is 16.7 Å². The topological polar surface area (TPSA) is 21.6 Å². The van der Waals surface area contributed by atoms with E-state index in [2.05, 4.69) is 17.2 Å². The van der Waals surface area contributed by atoms with E-state index in [4.69, 9.17) is 11.3 Å². The summed E-state index contributed by atoms with van der Waals surface area (Å²) in [6.07, 6.45) is 10.3. The Morgan fingerprint density at radius 3 is 3.07 bits per heavy atom. The van der Waals surface area contributed by atoms with Crippen LogP contribution < -0.4 is 0 Å². The maximum Gasteiger partial charge on any atom is 0.110 e. The van der Waals surface area contributed by atoms with Gasteiger partial charge >= 0.3 is 0 Å². The summed E-state index contributed by atoms with van der Waals surface area (Å²) in [5.74, 6) is 2.62. The second-order valence-electron chi connectivity index (χ2n) is 3.28. The van der Waals surface area contributed by atoms with E-state index in [1.807, 2.05) is 24.3 Å². The second-order valence-corrected chi connectivity index (χ2v) is 3.28. The molecule has 74 valence electrons. The van der Waals surface area contributed by atoms with Crippen LogP contribution in [0.25, 0.3) is 0 Å². The Labute approximate surface area is 89.3 Å². The van der Waals surface area contributed by atoms with Gasteiger partial charge in [0.25, 0.3) is 0 Å². The third-order valence-electron chi connectivity index (χ3n) is 2.36. The van der Waals surface area contributed by atoms with Crippen LogP contribution in [-0.2, 0) is 11.3 Å². The Kier molecular flexibility index (Phi) is 2.55. The first-order valence-electron chi connectivity index (χ1n) is 4.72. The van der Waals surface area contributed by atoms with Gasteiger partial charge in [-0.1, -0.05) is 23.2 Å². The number of oxime groups is 1. The molecular weight excluding hydrogens is 186 g/mol. The van der Waals surface area contributed by atoms with Gasteiger partial charge in [-0.3, -0.25) is 0 Å². The smallest absolute Gasteiger partial charge is 0.110 e. The van der Waals surface area contributed by atoms with Crippen molar-refractivity contribution in [3.05, 3.63) is 47.0 Å². The second kappa shape index (κ2) is 4.02. The highest BCUT2D eigenvalue weighted by Crippen LogP contribution is 2.18. The molecule has 0 unspecified atom stereocenters. The zero-order valence-corrected chi connectivity index (χ0v) is 8.53. The van der Waals surface area contributed by atoms with Gasteiger partial charge in [0.15, 0.2) is 0 Å². The highest BCUT2D eigenvalue weighted by molar-refractivity contribution is 6.10. The number of terminal acetylenes is 1. The van der Waals surface area contributed by atoms with Crippen LogP contribution in [-0.4, -0.2) is 12.8 Å². The molecule has 0 saturated heterocycles. The molecule has 0 heterocycles. The van der Waals surface area contributed by atoms with Crippen LogP contribution in [0.5, 0.6) is 0 Å². The summed E-state index contributed by atoms with van der Waals surface area (Å²) in [5.41, 5.74) is 3.99. The Hall–Kier alpha value is -2.01. The van der Waals surface area contributed by atoms with E-state index in [-0.39, 0.29) is 0 Å². The molecule has 2 nitrogen and oxygen atoms in total. The van der Waals surface area contributed by atoms with Gasteiger partial charge in [-0.2, -0.15) is 0 Å². The fraction of sp³-hybridized carbons (Fsp3) is 0.154. The van der Waals surface area contributed by atoms with Crippen molar-refractivity contribution in [2.24, 2.45) is 5.16 Å². The van der Waals surface area contributed by atoms with Gasteiger partial charge < -0.3 is 4.84 Å². The van der Waals surface area contributed by atoms with Crippen LogP contribution in [0, 0.1) is 12.3 Å². The Morgan fingerprint density at radius 1 is 1.47 bits per heavy atom. The zero-order chi connectivity index (χ0) is 10.7. The summed E-state index contributed by atoms with van der Waals surface area (Å²) in [4.78, 5) is 4.80. The normalized spacial score (nSPS) is 15.9. The van der Waals surface area contributed by atoms with Crippen molar-refractivity contribution < 1.29 is 4.84 Å². The number of nitrogens with zero attached hydrogens (tertiary/aromatic N) is 1. The SMILES string of the molecule is C#Cc1ccc2c(c1)C(=NOC)C=CC2. The lowest BCUT2D eigenvalue weighted by atomic mass is 9.93. The Morgan fingerprint density at radius 2 is 2.33 bits per heavy atom. The molecule has 0 bridgehead atoms. The summed E-state index contributed by atoms with van der Waals surface area (Å²) in [6.45, 7) is 0. The maximum atomic E-state index is 5.36. The molecule has 1 aromatic carbocycles. The zero-order valence-electron chi connectivity index (χ0n) is 8.53. The van der Waals surface area contributed by atoms with Crippen LogP contribution in [0.2, 0.25) is 0 Å². The lowest BCUT2D eigenvalue weighted by Crippen LogP contribution is -2.07. The number of fused-ring (bicyclic) bond motifs is 1. The predicted molar refractivity (Wildman–Crippen MR) is 60.8 cm³/mol. The molecular formula is C13H11NO. The van der Waals surface area contributed by atoms with Crippen molar-refractivity contribution in [2.45, 2.75) is 6.42 Å². The van der Waals surface area contributed by atoms with Crippen molar-refractivity contribution in [1.29, 1.82) is 0 Å². The molecule has 1 aliphatic carbocycles. The number of rotatable bonds is 1. The van der Waals surface area contributed by atoms with Crippen LogP contribution >= 0.6 is 0 Å². The van der Waals surface area contributed by atoms with Crippen molar-refractivity contribution in [1.82, 2.24) is 0 Å². The van der Waals surface area contributed by atoms with Crippen molar-refractivity contribution in [3.63, 3.8) is 0 Å². The third-order valence-corrected chi connectivity index (χ3v) is 2.36. The van der Waals surface area contributed by atoms with E-state index in [0.717, 1.165) is 23.3 Å². The van der Waals surface area contributed by atoms with Gasteiger partial charge in [-0.05, 0) is 30.2 Å². The average Bonchev–Trinajstić information content (AvgIpc) is 2.29. The Bertz CT molecular complexity index is 478. The molecule has 1 aliphatic rings. The molecule has 0 atom stereocenters. The standard InChI is InChI=1S/C13H11NO/c1-3-10-7-8-11-5-4-6-13(14-15-2)12(11)9-10/h1,4,6-9H,5H2,2H3. The van der Waals surface area contributed by atoms with Crippen LogP contribution in [0.4, 0.5) is 0 Å². The number of allylic oxidation sites excluding steroid dienone is 2. The molecule has 0 aromatic heterocycles. The van der Waals surface area contributed by atoms with Gasteiger partial charge in [0, 0.05) is 11.1 Å². The van der Waals surface area contributed by atoms with E-state index in [1.54, 1.807) is 7.11 Å². The monoisotopic (exact) mass is 197 g/mol. The first kappa shape index (κ1) is 9.54. The molecule has 0 fully saturated rings. The summed E-state index contributed by atoms with van der Waals surface area (Å²) in [6, 6.07) is 5.96. The molecule has 0 spiro atoms. The minimum Gasteiger partial charge on any atom is -0.399 e. The van der Waals surface area contributed by atoms with Crippen molar-refractivity contribution >= 4 is 5.71 Å². The first-order valence-corrected chi connectivity index (χ1v) is 4.72. The van der Waals surface area contributed by atoms with E-state index in [1.165, 1.54) is 5.56 Å². The van der Waals surface area contributed by atoms with Crippen molar-refractivity contribution in [3.8, 4) is 12.3 Å². The van der Waals surface area contributed by atoms with Gasteiger partial charge in [-0.15, -0.1) is 6.42 Å².